The SMILES string of the molecule is CCCCN(C(=O)[C@H]1CCCN1)c1ccccc1. The number of carbonyl (C=O) groups is 1. The normalized spacial score (nSPS) is 18.8. The molecule has 3 heteroatoms. The molecule has 98 valence electrons. The van der Waals surface area contributed by atoms with Crippen LogP contribution in [-0.4, -0.2) is 25.0 Å². The third kappa shape index (κ3) is 3.10. The Hall–Kier alpha value is -1.35. The van der Waals surface area contributed by atoms with Crippen LogP contribution in [0.3, 0.4) is 0 Å². The fourth-order valence-electron chi connectivity index (χ4n) is 2.37. The van der Waals surface area contributed by atoms with Gasteiger partial charge in [-0.3, -0.25) is 4.79 Å². The summed E-state index contributed by atoms with van der Waals surface area (Å²) in [7, 11) is 0. The zero-order valence-corrected chi connectivity index (χ0v) is 11.1. The highest BCUT2D eigenvalue weighted by molar-refractivity contribution is 5.97. The lowest BCUT2D eigenvalue weighted by atomic mass is 10.1. The maximum atomic E-state index is 12.5. The number of carbonyl (C=O) groups excluding carboxylic acids is 1. The highest BCUT2D eigenvalue weighted by Gasteiger charge is 2.27. The molecule has 3 nitrogen and oxygen atoms in total. The van der Waals surface area contributed by atoms with E-state index < -0.39 is 0 Å². The maximum absolute atomic E-state index is 12.5. The van der Waals surface area contributed by atoms with Gasteiger partial charge in [-0.25, -0.2) is 0 Å². The summed E-state index contributed by atoms with van der Waals surface area (Å²) >= 11 is 0. The molecule has 0 aliphatic carbocycles. The lowest BCUT2D eigenvalue weighted by Gasteiger charge is -2.25. The standard InChI is InChI=1S/C15H22N2O/c1-2-3-12-17(13-8-5-4-6-9-13)15(18)14-10-7-11-16-14/h4-6,8-9,14,16H,2-3,7,10-12H2,1H3/t14-/m1/s1. The smallest absolute Gasteiger partial charge is 0.244 e. The minimum Gasteiger partial charge on any atom is -0.311 e. The van der Waals surface area contributed by atoms with Crippen molar-refractivity contribution < 1.29 is 4.79 Å². The number of para-hydroxylation sites is 1. The van der Waals surface area contributed by atoms with Gasteiger partial charge in [0.25, 0.3) is 0 Å². The predicted molar refractivity (Wildman–Crippen MR) is 74.7 cm³/mol. The topological polar surface area (TPSA) is 32.3 Å². The van der Waals surface area contributed by atoms with E-state index in [1.807, 2.05) is 35.2 Å². The number of amides is 1. The van der Waals surface area contributed by atoms with Gasteiger partial charge in [0.1, 0.15) is 0 Å². The van der Waals surface area contributed by atoms with Crippen LogP contribution in [0.1, 0.15) is 32.6 Å². The monoisotopic (exact) mass is 246 g/mol. The molecular formula is C15H22N2O. The molecule has 0 unspecified atom stereocenters. The van der Waals surface area contributed by atoms with Gasteiger partial charge in [-0.05, 0) is 37.9 Å². The van der Waals surface area contributed by atoms with Crippen molar-refractivity contribution in [1.82, 2.24) is 5.32 Å². The van der Waals surface area contributed by atoms with Gasteiger partial charge < -0.3 is 10.2 Å². The zero-order chi connectivity index (χ0) is 12.8. The molecule has 0 radical (unpaired) electrons. The molecule has 1 aromatic rings. The van der Waals surface area contributed by atoms with E-state index in [0.29, 0.717) is 0 Å². The highest BCUT2D eigenvalue weighted by Crippen LogP contribution is 2.18. The summed E-state index contributed by atoms with van der Waals surface area (Å²) in [5.41, 5.74) is 1.02. The first-order valence-corrected chi connectivity index (χ1v) is 6.92. The summed E-state index contributed by atoms with van der Waals surface area (Å²) in [6.07, 6.45) is 4.23. The van der Waals surface area contributed by atoms with E-state index in [1.165, 1.54) is 0 Å². The van der Waals surface area contributed by atoms with Gasteiger partial charge in [0.05, 0.1) is 6.04 Å². The summed E-state index contributed by atoms with van der Waals surface area (Å²) in [5, 5.41) is 3.29. The predicted octanol–water partition coefficient (Wildman–Crippen LogP) is 2.57. The van der Waals surface area contributed by atoms with Gasteiger partial charge in [-0.2, -0.15) is 0 Å². The third-order valence-electron chi connectivity index (χ3n) is 3.43. The molecule has 0 spiro atoms. The highest BCUT2D eigenvalue weighted by atomic mass is 16.2. The Morgan fingerprint density at radius 3 is 2.78 bits per heavy atom. The molecule has 0 bridgehead atoms. The number of nitrogens with one attached hydrogen (secondary N) is 1. The van der Waals surface area contributed by atoms with Gasteiger partial charge in [-0.15, -0.1) is 0 Å². The fraction of sp³-hybridized carbons (Fsp3) is 0.533. The number of unbranched alkanes of at least 4 members (excludes halogenated alkanes) is 1. The van der Waals surface area contributed by atoms with E-state index in [4.69, 9.17) is 0 Å². The van der Waals surface area contributed by atoms with E-state index in [-0.39, 0.29) is 11.9 Å². The Morgan fingerprint density at radius 1 is 1.39 bits per heavy atom. The van der Waals surface area contributed by atoms with Crippen molar-refractivity contribution >= 4 is 11.6 Å². The minimum atomic E-state index is 0.0158. The van der Waals surface area contributed by atoms with E-state index in [1.54, 1.807) is 0 Å². The van der Waals surface area contributed by atoms with Gasteiger partial charge in [0, 0.05) is 12.2 Å². The third-order valence-corrected chi connectivity index (χ3v) is 3.43. The molecule has 1 N–H and O–H groups in total. The van der Waals surface area contributed by atoms with Crippen LogP contribution in [0.2, 0.25) is 0 Å². The largest absolute Gasteiger partial charge is 0.311 e. The first kappa shape index (κ1) is 13.1. The molecule has 1 aliphatic rings. The van der Waals surface area contributed by atoms with Gasteiger partial charge in [0.15, 0.2) is 0 Å². The molecule has 1 fully saturated rings. The van der Waals surface area contributed by atoms with Crippen LogP contribution in [0, 0.1) is 0 Å². The zero-order valence-electron chi connectivity index (χ0n) is 11.1. The molecule has 1 aromatic carbocycles. The number of hydrogen-bond acceptors (Lipinski definition) is 2. The average Bonchev–Trinajstić information content (AvgIpc) is 2.94. The summed E-state index contributed by atoms with van der Waals surface area (Å²) in [4.78, 5) is 14.5. The number of anilines is 1. The molecule has 1 amide bonds. The van der Waals surface area contributed by atoms with Crippen molar-refractivity contribution in [2.75, 3.05) is 18.0 Å². The Bertz CT molecular complexity index is 371. The number of nitrogens with zero attached hydrogens (tertiary/aromatic N) is 1. The van der Waals surface area contributed by atoms with Crippen molar-refractivity contribution in [1.29, 1.82) is 0 Å². The van der Waals surface area contributed by atoms with E-state index in [9.17, 15) is 4.79 Å². The van der Waals surface area contributed by atoms with Gasteiger partial charge in [0.2, 0.25) is 5.91 Å². The van der Waals surface area contributed by atoms with Crippen LogP contribution in [0.5, 0.6) is 0 Å². The van der Waals surface area contributed by atoms with Crippen molar-refractivity contribution in [3.8, 4) is 0 Å². The van der Waals surface area contributed by atoms with Crippen LogP contribution >= 0.6 is 0 Å². The molecule has 1 atom stereocenters. The van der Waals surface area contributed by atoms with E-state index in [2.05, 4.69) is 12.2 Å². The molecule has 0 saturated carbocycles. The van der Waals surface area contributed by atoms with Gasteiger partial charge >= 0.3 is 0 Å². The first-order valence-electron chi connectivity index (χ1n) is 6.92. The van der Waals surface area contributed by atoms with Crippen LogP contribution in [0.15, 0.2) is 30.3 Å². The Kier molecular flexibility index (Phi) is 4.76. The van der Waals surface area contributed by atoms with E-state index >= 15 is 0 Å². The van der Waals surface area contributed by atoms with E-state index in [0.717, 1.165) is 44.5 Å². The van der Waals surface area contributed by atoms with Crippen LogP contribution in [-0.2, 0) is 4.79 Å². The van der Waals surface area contributed by atoms with Gasteiger partial charge in [-0.1, -0.05) is 31.5 Å². The summed E-state index contributed by atoms with van der Waals surface area (Å²) < 4.78 is 0. The quantitative estimate of drug-likeness (QED) is 0.866. The molecule has 1 saturated heterocycles. The maximum Gasteiger partial charge on any atom is 0.244 e. The lowest BCUT2D eigenvalue weighted by Crippen LogP contribution is -2.44. The first-order chi connectivity index (χ1) is 8.83. The van der Waals surface area contributed by atoms with Crippen LogP contribution < -0.4 is 10.2 Å². The Labute approximate surface area is 109 Å². The molecule has 1 heterocycles. The molecule has 18 heavy (non-hydrogen) atoms. The molecule has 2 rings (SSSR count). The Balaban J connectivity index is 2.11. The number of benzene rings is 1. The minimum absolute atomic E-state index is 0.0158. The number of rotatable bonds is 5. The second-order valence-corrected chi connectivity index (χ2v) is 4.83. The summed E-state index contributed by atoms with van der Waals surface area (Å²) in [6, 6.07) is 10.0. The second-order valence-electron chi connectivity index (χ2n) is 4.83. The van der Waals surface area contributed by atoms with Crippen LogP contribution in [0.4, 0.5) is 5.69 Å². The summed E-state index contributed by atoms with van der Waals surface area (Å²) in [6.45, 7) is 3.94. The molecule has 0 aromatic heterocycles. The van der Waals surface area contributed by atoms with Crippen molar-refractivity contribution in [3.05, 3.63) is 30.3 Å². The molecule has 1 aliphatic heterocycles. The summed E-state index contributed by atoms with van der Waals surface area (Å²) in [5.74, 6) is 0.229. The van der Waals surface area contributed by atoms with Crippen LogP contribution in [0.25, 0.3) is 0 Å². The van der Waals surface area contributed by atoms with Crippen molar-refractivity contribution in [3.63, 3.8) is 0 Å². The number of hydrogen-bond donors (Lipinski definition) is 1. The molecular weight excluding hydrogens is 224 g/mol. The second kappa shape index (κ2) is 6.55. The fourth-order valence-corrected chi connectivity index (χ4v) is 2.37. The average molecular weight is 246 g/mol. The van der Waals surface area contributed by atoms with Crippen molar-refractivity contribution in [2.24, 2.45) is 0 Å². The Morgan fingerprint density at radius 2 is 2.17 bits per heavy atom. The lowest BCUT2D eigenvalue weighted by molar-refractivity contribution is -0.120. The van der Waals surface area contributed by atoms with Crippen molar-refractivity contribution in [2.45, 2.75) is 38.6 Å².